The molecule has 1 atom stereocenters. The summed E-state index contributed by atoms with van der Waals surface area (Å²) >= 11 is 0. The van der Waals surface area contributed by atoms with Crippen molar-refractivity contribution in [3.63, 3.8) is 0 Å². The van der Waals surface area contributed by atoms with Crippen molar-refractivity contribution in [3.05, 3.63) is 93.9 Å². The first kappa shape index (κ1) is 21.8. The summed E-state index contributed by atoms with van der Waals surface area (Å²) in [5, 5.41) is 7.69. The lowest BCUT2D eigenvalue weighted by Gasteiger charge is -2.24. The first-order valence-corrected chi connectivity index (χ1v) is 11.4. The number of hydrogen-bond acceptors (Lipinski definition) is 5. The van der Waals surface area contributed by atoms with E-state index in [1.807, 2.05) is 63.2 Å². The Hall–Kier alpha value is -4.00. The topological polar surface area (TPSA) is 81.9 Å². The highest BCUT2D eigenvalue weighted by Gasteiger charge is 2.33. The number of aryl methyl sites for hydroxylation is 4. The van der Waals surface area contributed by atoms with Gasteiger partial charge in [-0.1, -0.05) is 36.4 Å². The number of nitrogens with one attached hydrogen (secondary N) is 1. The zero-order valence-electron chi connectivity index (χ0n) is 19.8. The number of aromatic nitrogens is 4. The van der Waals surface area contributed by atoms with Crippen molar-refractivity contribution in [3.8, 4) is 11.7 Å². The molecule has 0 saturated carbocycles. The third kappa shape index (κ3) is 4.17. The quantitative estimate of drug-likeness (QED) is 0.462. The Balaban J connectivity index is 1.44. The van der Waals surface area contributed by atoms with Crippen LogP contribution in [0.5, 0.6) is 5.75 Å². The maximum Gasteiger partial charge on any atom is 0.252 e. The Morgan fingerprint density at radius 3 is 2.41 bits per heavy atom. The van der Waals surface area contributed by atoms with Gasteiger partial charge in [-0.3, -0.25) is 4.79 Å². The van der Waals surface area contributed by atoms with Crippen LogP contribution in [0.15, 0.2) is 54.6 Å². The van der Waals surface area contributed by atoms with Gasteiger partial charge in [-0.2, -0.15) is 9.78 Å². The molecule has 0 fully saturated rings. The molecular weight excluding hydrogens is 426 g/mol. The molecule has 1 N–H and O–H groups in total. The lowest BCUT2D eigenvalue weighted by molar-refractivity contribution is -0.116. The largest absolute Gasteiger partial charge is 0.489 e. The summed E-state index contributed by atoms with van der Waals surface area (Å²) in [6.07, 6.45) is 0.358. The van der Waals surface area contributed by atoms with Gasteiger partial charge in [0.25, 0.3) is 5.95 Å². The van der Waals surface area contributed by atoms with Gasteiger partial charge in [0, 0.05) is 29.3 Å². The molecule has 4 aromatic rings. The van der Waals surface area contributed by atoms with E-state index in [4.69, 9.17) is 9.84 Å². The summed E-state index contributed by atoms with van der Waals surface area (Å²) < 4.78 is 7.65. The molecule has 0 aliphatic carbocycles. The Morgan fingerprint density at radius 2 is 1.71 bits per heavy atom. The van der Waals surface area contributed by atoms with Gasteiger partial charge in [0.1, 0.15) is 18.2 Å². The van der Waals surface area contributed by atoms with Crippen LogP contribution in [0.1, 0.15) is 51.7 Å². The van der Waals surface area contributed by atoms with Gasteiger partial charge < -0.3 is 10.1 Å². The molecule has 1 aliphatic heterocycles. The van der Waals surface area contributed by atoms with E-state index in [0.717, 1.165) is 39.5 Å². The molecule has 0 bridgehead atoms. The number of amides is 1. The van der Waals surface area contributed by atoms with Crippen LogP contribution in [0, 0.1) is 27.7 Å². The van der Waals surface area contributed by atoms with Crippen molar-refractivity contribution < 1.29 is 9.53 Å². The normalized spacial score (nSPS) is 15.1. The van der Waals surface area contributed by atoms with Gasteiger partial charge in [-0.05, 0) is 62.6 Å². The van der Waals surface area contributed by atoms with E-state index in [2.05, 4.69) is 34.3 Å². The number of carbonyl (C=O) groups excluding carboxylic acids is 1. The summed E-state index contributed by atoms with van der Waals surface area (Å²) in [6, 6.07) is 18.1. The van der Waals surface area contributed by atoms with Gasteiger partial charge in [0.2, 0.25) is 5.91 Å². The fraction of sp³-hybridized carbons (Fsp3) is 0.259. The van der Waals surface area contributed by atoms with Gasteiger partial charge >= 0.3 is 0 Å². The Kier molecular flexibility index (Phi) is 5.61. The van der Waals surface area contributed by atoms with E-state index >= 15 is 0 Å². The summed E-state index contributed by atoms with van der Waals surface area (Å²) in [6.45, 7) is 8.40. The number of rotatable bonds is 5. The van der Waals surface area contributed by atoms with Crippen LogP contribution in [0.4, 0.5) is 5.82 Å². The van der Waals surface area contributed by atoms with Crippen LogP contribution < -0.4 is 10.1 Å². The number of fused-ring (bicyclic) bond motifs is 1. The Bertz CT molecular complexity index is 1350. The van der Waals surface area contributed by atoms with Gasteiger partial charge in [-0.15, -0.1) is 0 Å². The molecule has 172 valence electrons. The van der Waals surface area contributed by atoms with Gasteiger partial charge in [0.05, 0.1) is 5.69 Å². The standard InChI is InChI=1S/C27H27N5O2/c1-16-7-5-6-8-21(16)15-34-22-11-9-20(10-12-22)23-14-24(33)30-26-25(23)19(4)31-32(26)27-28-17(2)13-18(3)29-27/h5-13,23H,14-15H2,1-4H3,(H,30,33). The third-order valence-electron chi connectivity index (χ3n) is 6.20. The van der Waals surface area contributed by atoms with Gasteiger partial charge in [-0.25, -0.2) is 9.97 Å². The predicted molar refractivity (Wildman–Crippen MR) is 130 cm³/mol. The molecule has 0 radical (unpaired) electrons. The van der Waals surface area contributed by atoms with Crippen LogP contribution in [-0.2, 0) is 11.4 Å². The number of benzene rings is 2. The number of nitrogens with zero attached hydrogens (tertiary/aromatic N) is 4. The molecule has 7 nitrogen and oxygen atoms in total. The van der Waals surface area contributed by atoms with Crippen molar-refractivity contribution in [2.24, 2.45) is 0 Å². The molecule has 7 heteroatoms. The molecule has 2 aromatic heterocycles. The molecule has 0 saturated heterocycles. The van der Waals surface area contributed by atoms with Crippen LogP contribution in [-0.4, -0.2) is 25.7 Å². The minimum absolute atomic E-state index is 0.0529. The monoisotopic (exact) mass is 453 g/mol. The van der Waals surface area contributed by atoms with Gasteiger partial charge in [0.15, 0.2) is 0 Å². The molecule has 0 spiro atoms. The van der Waals surface area contributed by atoms with E-state index in [9.17, 15) is 4.79 Å². The first-order chi connectivity index (χ1) is 16.4. The van der Waals surface area contributed by atoms with E-state index in [1.165, 1.54) is 5.56 Å². The second kappa shape index (κ2) is 8.74. The zero-order valence-corrected chi connectivity index (χ0v) is 19.8. The van der Waals surface area contributed by atoms with Crippen molar-refractivity contribution in [1.82, 2.24) is 19.7 Å². The second-order valence-electron chi connectivity index (χ2n) is 8.80. The summed E-state index contributed by atoms with van der Waals surface area (Å²) in [5.74, 6) is 1.74. The van der Waals surface area contributed by atoms with Crippen molar-refractivity contribution in [2.75, 3.05) is 5.32 Å². The van der Waals surface area contributed by atoms with Crippen molar-refractivity contribution >= 4 is 11.7 Å². The van der Waals surface area contributed by atoms with Crippen LogP contribution in [0.3, 0.4) is 0 Å². The highest BCUT2D eigenvalue weighted by Crippen LogP contribution is 2.40. The fourth-order valence-corrected chi connectivity index (χ4v) is 4.51. The van der Waals surface area contributed by atoms with E-state index in [0.29, 0.717) is 24.8 Å². The molecule has 1 aliphatic rings. The number of hydrogen-bond donors (Lipinski definition) is 1. The minimum atomic E-state index is -0.103. The lowest BCUT2D eigenvalue weighted by atomic mass is 9.86. The average Bonchev–Trinajstić information content (AvgIpc) is 3.14. The zero-order chi connectivity index (χ0) is 23.8. The molecule has 1 amide bonds. The molecule has 5 rings (SSSR count). The maximum atomic E-state index is 12.7. The number of carbonyl (C=O) groups is 1. The molecule has 1 unspecified atom stereocenters. The van der Waals surface area contributed by atoms with Crippen LogP contribution >= 0.6 is 0 Å². The molecule has 3 heterocycles. The molecular formula is C27H27N5O2. The fourth-order valence-electron chi connectivity index (χ4n) is 4.51. The predicted octanol–water partition coefficient (Wildman–Crippen LogP) is 4.95. The SMILES string of the molecule is Cc1cc(C)nc(-n2nc(C)c3c2NC(=O)CC3c2ccc(OCc3ccccc3C)cc2)n1. The third-order valence-corrected chi connectivity index (χ3v) is 6.20. The minimum Gasteiger partial charge on any atom is -0.489 e. The number of anilines is 1. The highest BCUT2D eigenvalue weighted by molar-refractivity contribution is 5.95. The summed E-state index contributed by atoms with van der Waals surface area (Å²) in [4.78, 5) is 21.7. The average molecular weight is 454 g/mol. The van der Waals surface area contributed by atoms with E-state index in [1.54, 1.807) is 4.68 Å². The first-order valence-electron chi connectivity index (χ1n) is 11.4. The lowest BCUT2D eigenvalue weighted by Crippen LogP contribution is -2.25. The van der Waals surface area contributed by atoms with Crippen molar-refractivity contribution in [1.29, 1.82) is 0 Å². The maximum absolute atomic E-state index is 12.7. The Morgan fingerprint density at radius 1 is 1.00 bits per heavy atom. The van der Waals surface area contributed by atoms with E-state index < -0.39 is 0 Å². The van der Waals surface area contributed by atoms with Crippen molar-refractivity contribution in [2.45, 2.75) is 46.6 Å². The Labute approximate surface area is 198 Å². The van der Waals surface area contributed by atoms with E-state index in [-0.39, 0.29) is 11.8 Å². The van der Waals surface area contributed by atoms with Crippen LogP contribution in [0.25, 0.3) is 5.95 Å². The molecule has 2 aromatic carbocycles. The highest BCUT2D eigenvalue weighted by atomic mass is 16.5. The second-order valence-corrected chi connectivity index (χ2v) is 8.80. The summed E-state index contributed by atoms with van der Waals surface area (Å²) in [7, 11) is 0. The smallest absolute Gasteiger partial charge is 0.252 e. The summed E-state index contributed by atoms with van der Waals surface area (Å²) in [5.41, 5.74) is 6.97. The number of ether oxygens (including phenoxy) is 1. The molecule has 34 heavy (non-hydrogen) atoms. The van der Waals surface area contributed by atoms with Crippen LogP contribution in [0.2, 0.25) is 0 Å².